The monoisotopic (exact) mass is 569 g/mol. The van der Waals surface area contributed by atoms with Crippen molar-refractivity contribution in [2.75, 3.05) is 0 Å². The molecular formula is C38H27N5O. The first kappa shape index (κ1) is 24.8. The molecule has 0 radical (unpaired) electrons. The molecule has 0 aliphatic rings. The molecule has 9 rings (SSSR count). The Labute approximate surface area is 252 Å². The third kappa shape index (κ3) is 3.57. The predicted octanol–water partition coefficient (Wildman–Crippen LogP) is 9.60. The number of rotatable bonds is 4. The zero-order valence-electron chi connectivity index (χ0n) is 24.3. The quantitative estimate of drug-likeness (QED) is 0.198. The Morgan fingerprint density at radius 3 is 2.30 bits per heavy atom. The van der Waals surface area contributed by atoms with Crippen molar-refractivity contribution in [3.63, 3.8) is 0 Å². The van der Waals surface area contributed by atoms with Gasteiger partial charge in [-0.05, 0) is 66.1 Å². The molecule has 0 amide bonds. The summed E-state index contributed by atoms with van der Waals surface area (Å²) in [6.45, 7) is 4.46. The molecule has 0 spiro atoms. The van der Waals surface area contributed by atoms with Gasteiger partial charge in [-0.15, -0.1) is 0 Å². The second-order valence-electron chi connectivity index (χ2n) is 11.5. The number of nitrogens with zero attached hydrogens (tertiary/aromatic N) is 5. The molecule has 0 saturated carbocycles. The lowest BCUT2D eigenvalue weighted by Gasteiger charge is -2.15. The van der Waals surface area contributed by atoms with Crippen molar-refractivity contribution in [2.24, 2.45) is 0 Å². The van der Waals surface area contributed by atoms with Gasteiger partial charge in [-0.2, -0.15) is 0 Å². The lowest BCUT2D eigenvalue weighted by atomic mass is 9.96. The number of pyridine rings is 3. The van der Waals surface area contributed by atoms with Gasteiger partial charge in [0.25, 0.3) is 0 Å². The molecule has 0 aliphatic heterocycles. The largest absolute Gasteiger partial charge is 0.456 e. The zero-order chi connectivity index (χ0) is 29.4. The van der Waals surface area contributed by atoms with Gasteiger partial charge in [0.2, 0.25) is 0 Å². The van der Waals surface area contributed by atoms with Gasteiger partial charge in [0.05, 0.1) is 39.3 Å². The van der Waals surface area contributed by atoms with E-state index < -0.39 is 0 Å². The van der Waals surface area contributed by atoms with Crippen LogP contribution >= 0.6 is 0 Å². The zero-order valence-corrected chi connectivity index (χ0v) is 24.3. The highest BCUT2D eigenvalue weighted by Crippen LogP contribution is 2.38. The van der Waals surface area contributed by atoms with E-state index in [0.29, 0.717) is 11.7 Å². The Morgan fingerprint density at radius 2 is 1.43 bits per heavy atom. The first-order valence-electron chi connectivity index (χ1n) is 14.9. The molecule has 0 bridgehead atoms. The van der Waals surface area contributed by atoms with Gasteiger partial charge < -0.3 is 4.74 Å². The van der Waals surface area contributed by atoms with Crippen LogP contribution in [0.5, 0.6) is 11.5 Å². The lowest BCUT2D eigenvalue weighted by molar-refractivity contribution is 0.482. The molecule has 6 nitrogen and oxygen atoms in total. The molecule has 6 heteroatoms. The summed E-state index contributed by atoms with van der Waals surface area (Å²) in [5, 5.41) is 4.44. The highest BCUT2D eigenvalue weighted by atomic mass is 16.5. The van der Waals surface area contributed by atoms with Crippen LogP contribution in [0, 0.1) is 0 Å². The normalized spacial score (nSPS) is 12.1. The van der Waals surface area contributed by atoms with Crippen molar-refractivity contribution in [2.45, 2.75) is 19.8 Å². The number of para-hydroxylation sites is 3. The fourth-order valence-electron chi connectivity index (χ4n) is 6.69. The van der Waals surface area contributed by atoms with Crippen LogP contribution in [-0.2, 0) is 0 Å². The van der Waals surface area contributed by atoms with E-state index in [0.717, 1.165) is 66.5 Å². The summed E-state index contributed by atoms with van der Waals surface area (Å²) in [7, 11) is 0. The number of imidazole rings is 1. The van der Waals surface area contributed by atoms with Crippen LogP contribution in [0.25, 0.3) is 66.1 Å². The average Bonchev–Trinajstić information content (AvgIpc) is 3.61. The van der Waals surface area contributed by atoms with Crippen LogP contribution in [0.15, 0.2) is 122 Å². The minimum absolute atomic E-state index is 0.337. The Morgan fingerprint density at radius 1 is 0.636 bits per heavy atom. The molecule has 0 fully saturated rings. The summed E-state index contributed by atoms with van der Waals surface area (Å²) in [4.78, 5) is 14.8. The van der Waals surface area contributed by atoms with Crippen LogP contribution in [0.2, 0.25) is 0 Å². The molecule has 5 aromatic heterocycles. The summed E-state index contributed by atoms with van der Waals surface area (Å²) in [6, 6.07) is 37.5. The van der Waals surface area contributed by atoms with Crippen molar-refractivity contribution in [3.05, 3.63) is 127 Å². The second-order valence-corrected chi connectivity index (χ2v) is 11.5. The molecule has 0 aliphatic carbocycles. The van der Waals surface area contributed by atoms with Crippen LogP contribution in [0.1, 0.15) is 25.3 Å². The van der Waals surface area contributed by atoms with Crippen molar-refractivity contribution in [1.29, 1.82) is 0 Å². The number of hydrogen-bond acceptors (Lipinski definition) is 4. The standard InChI is InChI=1S/C38H27N5O/c1-23(2)26-11-9-15-33-36(26)37-29(38-41-30-12-4-6-14-32(30)43(33)38)20-25(22-40-37)44-24-17-18-28-27-10-3-5-13-31(27)42(34(28)21-24)35-16-7-8-19-39-35/h3-23H,1-2H3. The molecule has 0 N–H and O–H groups in total. The van der Waals surface area contributed by atoms with E-state index in [1.807, 2.05) is 42.7 Å². The Balaban J connectivity index is 1.26. The molecule has 9 aromatic rings. The van der Waals surface area contributed by atoms with E-state index in [1.54, 1.807) is 0 Å². The molecule has 0 atom stereocenters. The molecule has 0 saturated heterocycles. The highest BCUT2D eigenvalue weighted by molar-refractivity contribution is 6.13. The SMILES string of the molecule is CC(C)c1cccc2c1c1ncc(Oc3ccc4c5ccccc5n(-c5ccccn5)c4c3)cc1c1nc3ccccc3n21. The first-order chi connectivity index (χ1) is 21.7. The lowest BCUT2D eigenvalue weighted by Crippen LogP contribution is -1.98. The third-order valence-electron chi connectivity index (χ3n) is 8.60. The number of aromatic nitrogens is 5. The predicted molar refractivity (Wildman–Crippen MR) is 178 cm³/mol. The van der Waals surface area contributed by atoms with E-state index >= 15 is 0 Å². The molecule has 5 heterocycles. The van der Waals surface area contributed by atoms with E-state index in [2.05, 4.69) is 107 Å². The minimum Gasteiger partial charge on any atom is -0.456 e. The molecule has 210 valence electrons. The highest BCUT2D eigenvalue weighted by Gasteiger charge is 2.19. The molecule has 4 aromatic carbocycles. The average molecular weight is 570 g/mol. The van der Waals surface area contributed by atoms with Crippen molar-refractivity contribution < 1.29 is 4.74 Å². The van der Waals surface area contributed by atoms with E-state index in [1.165, 1.54) is 10.9 Å². The Bertz CT molecular complexity index is 2560. The van der Waals surface area contributed by atoms with Gasteiger partial charge in [0.1, 0.15) is 23.0 Å². The van der Waals surface area contributed by atoms with Crippen molar-refractivity contribution in [1.82, 2.24) is 23.9 Å². The molecule has 44 heavy (non-hydrogen) atoms. The summed E-state index contributed by atoms with van der Waals surface area (Å²) < 4.78 is 11.0. The maximum absolute atomic E-state index is 6.56. The maximum atomic E-state index is 6.56. The van der Waals surface area contributed by atoms with E-state index in [9.17, 15) is 0 Å². The summed E-state index contributed by atoms with van der Waals surface area (Å²) >= 11 is 0. The number of ether oxygens (including phenoxy) is 1. The fraction of sp³-hybridized carbons (Fsp3) is 0.0789. The van der Waals surface area contributed by atoms with Gasteiger partial charge >= 0.3 is 0 Å². The Hall–Kier alpha value is -5.75. The topological polar surface area (TPSA) is 57.2 Å². The van der Waals surface area contributed by atoms with Crippen LogP contribution < -0.4 is 4.74 Å². The number of hydrogen-bond donors (Lipinski definition) is 0. The van der Waals surface area contributed by atoms with Crippen LogP contribution in [0.3, 0.4) is 0 Å². The second kappa shape index (κ2) is 9.38. The smallest absolute Gasteiger partial charge is 0.148 e. The van der Waals surface area contributed by atoms with Gasteiger partial charge in [0.15, 0.2) is 0 Å². The summed E-state index contributed by atoms with van der Waals surface area (Å²) in [5.74, 6) is 2.59. The fourth-order valence-corrected chi connectivity index (χ4v) is 6.69. The molecular weight excluding hydrogens is 542 g/mol. The van der Waals surface area contributed by atoms with Gasteiger partial charge in [-0.1, -0.05) is 62.4 Å². The molecule has 0 unspecified atom stereocenters. The third-order valence-corrected chi connectivity index (χ3v) is 8.60. The Kier molecular flexibility index (Phi) is 5.29. The number of fused-ring (bicyclic) bond motifs is 11. The van der Waals surface area contributed by atoms with Gasteiger partial charge in [-0.3, -0.25) is 14.0 Å². The van der Waals surface area contributed by atoms with E-state index in [4.69, 9.17) is 14.7 Å². The first-order valence-corrected chi connectivity index (χ1v) is 14.9. The van der Waals surface area contributed by atoms with E-state index in [-0.39, 0.29) is 0 Å². The van der Waals surface area contributed by atoms with Crippen molar-refractivity contribution in [3.8, 4) is 17.3 Å². The summed E-state index contributed by atoms with van der Waals surface area (Å²) in [6.07, 6.45) is 3.65. The number of benzene rings is 4. The van der Waals surface area contributed by atoms with Crippen molar-refractivity contribution >= 4 is 60.3 Å². The summed E-state index contributed by atoms with van der Waals surface area (Å²) in [5.41, 5.74) is 8.36. The van der Waals surface area contributed by atoms with Crippen LogP contribution in [0.4, 0.5) is 0 Å². The maximum Gasteiger partial charge on any atom is 0.148 e. The van der Waals surface area contributed by atoms with Gasteiger partial charge in [0, 0.05) is 33.8 Å². The van der Waals surface area contributed by atoms with Gasteiger partial charge in [-0.25, -0.2) is 9.97 Å². The van der Waals surface area contributed by atoms with Crippen LogP contribution in [-0.4, -0.2) is 23.9 Å². The minimum atomic E-state index is 0.337.